The Labute approximate surface area is 104 Å². The topological polar surface area (TPSA) is 26.0 Å². The molecular formula is C14H23NS. The second kappa shape index (κ2) is 6.31. The molecule has 1 atom stereocenters. The van der Waals surface area contributed by atoms with Crippen LogP contribution in [0.4, 0.5) is 0 Å². The second-order valence-electron chi connectivity index (χ2n) is 4.99. The van der Waals surface area contributed by atoms with Crippen LogP contribution in [0.3, 0.4) is 0 Å². The molecule has 0 spiro atoms. The van der Waals surface area contributed by atoms with Crippen molar-refractivity contribution in [1.29, 1.82) is 0 Å². The van der Waals surface area contributed by atoms with Gasteiger partial charge in [0.1, 0.15) is 0 Å². The summed E-state index contributed by atoms with van der Waals surface area (Å²) in [6, 6.07) is 6.96. The molecule has 0 saturated carbocycles. The van der Waals surface area contributed by atoms with Crippen molar-refractivity contribution in [2.75, 3.05) is 5.75 Å². The van der Waals surface area contributed by atoms with Crippen LogP contribution in [0.2, 0.25) is 0 Å². The fourth-order valence-electron chi connectivity index (χ4n) is 1.63. The molecule has 1 aromatic carbocycles. The molecular weight excluding hydrogens is 214 g/mol. The molecule has 0 fully saturated rings. The van der Waals surface area contributed by atoms with Gasteiger partial charge in [-0.2, -0.15) is 0 Å². The van der Waals surface area contributed by atoms with Crippen molar-refractivity contribution in [2.45, 2.75) is 45.1 Å². The third-order valence-electron chi connectivity index (χ3n) is 2.37. The van der Waals surface area contributed by atoms with Gasteiger partial charge in [0, 0.05) is 16.7 Å². The largest absolute Gasteiger partial charge is 0.328 e. The molecule has 1 unspecified atom stereocenters. The molecule has 1 nitrogen and oxygen atoms in total. The number of benzene rings is 1. The Morgan fingerprint density at radius 3 is 2.44 bits per heavy atom. The second-order valence-corrected chi connectivity index (χ2v) is 6.05. The summed E-state index contributed by atoms with van der Waals surface area (Å²) in [5.41, 5.74) is 8.53. The molecule has 1 aromatic rings. The van der Waals surface area contributed by atoms with E-state index in [1.54, 1.807) is 0 Å². The zero-order chi connectivity index (χ0) is 12.1. The fraction of sp³-hybridized carbons (Fsp3) is 0.571. The third-order valence-corrected chi connectivity index (χ3v) is 3.97. The standard InChI is InChI=1S/C14H23NS/c1-10(2)9-16-14-6-5-13(7-11(14)3)8-12(4)15/h5-7,10,12H,8-9,15H2,1-4H3. The van der Waals surface area contributed by atoms with Gasteiger partial charge in [0.15, 0.2) is 0 Å². The highest BCUT2D eigenvalue weighted by molar-refractivity contribution is 7.99. The van der Waals surface area contributed by atoms with Crippen LogP contribution in [0, 0.1) is 12.8 Å². The third kappa shape index (κ3) is 4.58. The van der Waals surface area contributed by atoms with Crippen molar-refractivity contribution in [3.05, 3.63) is 29.3 Å². The Morgan fingerprint density at radius 1 is 1.25 bits per heavy atom. The van der Waals surface area contributed by atoms with Crippen LogP contribution in [0.5, 0.6) is 0 Å². The number of rotatable bonds is 5. The minimum atomic E-state index is 0.244. The smallest absolute Gasteiger partial charge is 0.0101 e. The summed E-state index contributed by atoms with van der Waals surface area (Å²) >= 11 is 1.95. The molecule has 0 amide bonds. The predicted molar refractivity (Wildman–Crippen MR) is 74.1 cm³/mol. The average molecular weight is 237 g/mol. The average Bonchev–Trinajstić information content (AvgIpc) is 2.15. The maximum atomic E-state index is 5.81. The highest BCUT2D eigenvalue weighted by atomic mass is 32.2. The van der Waals surface area contributed by atoms with E-state index in [-0.39, 0.29) is 6.04 Å². The molecule has 0 radical (unpaired) electrons. The van der Waals surface area contributed by atoms with Crippen LogP contribution in [-0.2, 0) is 6.42 Å². The first kappa shape index (κ1) is 13.6. The number of hydrogen-bond donors (Lipinski definition) is 1. The lowest BCUT2D eigenvalue weighted by Gasteiger charge is -2.11. The van der Waals surface area contributed by atoms with E-state index in [4.69, 9.17) is 5.73 Å². The van der Waals surface area contributed by atoms with E-state index >= 15 is 0 Å². The minimum absolute atomic E-state index is 0.244. The first-order valence-corrected chi connectivity index (χ1v) is 6.95. The molecule has 0 bridgehead atoms. The van der Waals surface area contributed by atoms with E-state index in [0.717, 1.165) is 12.3 Å². The maximum absolute atomic E-state index is 5.81. The fourth-order valence-corrected chi connectivity index (χ4v) is 2.59. The number of hydrogen-bond acceptors (Lipinski definition) is 2. The summed E-state index contributed by atoms with van der Waals surface area (Å²) in [4.78, 5) is 1.40. The van der Waals surface area contributed by atoms with Gasteiger partial charge in [0.05, 0.1) is 0 Å². The summed E-state index contributed by atoms with van der Waals surface area (Å²) in [6.45, 7) is 8.75. The zero-order valence-corrected chi connectivity index (χ0v) is 11.6. The van der Waals surface area contributed by atoms with Gasteiger partial charge in [-0.15, -0.1) is 11.8 Å². The van der Waals surface area contributed by atoms with Crippen LogP contribution in [0.1, 0.15) is 31.9 Å². The molecule has 0 heterocycles. The Kier molecular flexibility index (Phi) is 5.36. The first-order valence-electron chi connectivity index (χ1n) is 5.97. The minimum Gasteiger partial charge on any atom is -0.328 e. The van der Waals surface area contributed by atoms with E-state index in [2.05, 4.69) is 45.9 Å². The number of aryl methyl sites for hydroxylation is 1. The first-order chi connectivity index (χ1) is 7.49. The van der Waals surface area contributed by atoms with Crippen molar-refractivity contribution in [1.82, 2.24) is 0 Å². The molecule has 0 aliphatic carbocycles. The lowest BCUT2D eigenvalue weighted by atomic mass is 10.1. The highest BCUT2D eigenvalue weighted by Gasteiger charge is 2.04. The Balaban J connectivity index is 2.67. The summed E-state index contributed by atoms with van der Waals surface area (Å²) in [7, 11) is 0. The molecule has 16 heavy (non-hydrogen) atoms. The van der Waals surface area contributed by atoms with Crippen molar-refractivity contribution in [3.8, 4) is 0 Å². The summed E-state index contributed by atoms with van der Waals surface area (Å²) in [5, 5.41) is 0. The molecule has 2 heteroatoms. The van der Waals surface area contributed by atoms with E-state index in [9.17, 15) is 0 Å². The number of thioether (sulfide) groups is 1. The number of nitrogens with two attached hydrogens (primary N) is 1. The van der Waals surface area contributed by atoms with Crippen molar-refractivity contribution in [3.63, 3.8) is 0 Å². The Bertz CT molecular complexity index is 332. The highest BCUT2D eigenvalue weighted by Crippen LogP contribution is 2.25. The maximum Gasteiger partial charge on any atom is 0.0101 e. The van der Waals surface area contributed by atoms with Gasteiger partial charge in [0.2, 0.25) is 0 Å². The van der Waals surface area contributed by atoms with Gasteiger partial charge >= 0.3 is 0 Å². The van der Waals surface area contributed by atoms with Crippen LogP contribution < -0.4 is 5.73 Å². The Hall–Kier alpha value is -0.470. The van der Waals surface area contributed by atoms with Gasteiger partial charge < -0.3 is 5.73 Å². The van der Waals surface area contributed by atoms with E-state index in [1.165, 1.54) is 21.8 Å². The normalized spacial score (nSPS) is 13.1. The molecule has 0 aliphatic rings. The summed E-state index contributed by atoms with van der Waals surface area (Å²) < 4.78 is 0. The Morgan fingerprint density at radius 2 is 1.94 bits per heavy atom. The summed E-state index contributed by atoms with van der Waals surface area (Å²) in [5.74, 6) is 1.93. The lowest BCUT2D eigenvalue weighted by Crippen LogP contribution is -2.17. The summed E-state index contributed by atoms with van der Waals surface area (Å²) in [6.07, 6.45) is 0.968. The van der Waals surface area contributed by atoms with Crippen molar-refractivity contribution >= 4 is 11.8 Å². The van der Waals surface area contributed by atoms with E-state index < -0.39 is 0 Å². The van der Waals surface area contributed by atoms with Crippen molar-refractivity contribution < 1.29 is 0 Å². The zero-order valence-electron chi connectivity index (χ0n) is 10.8. The van der Waals surface area contributed by atoms with Gasteiger partial charge in [-0.25, -0.2) is 0 Å². The molecule has 1 rings (SSSR count). The van der Waals surface area contributed by atoms with Crippen LogP contribution in [0.25, 0.3) is 0 Å². The molecule has 2 N–H and O–H groups in total. The van der Waals surface area contributed by atoms with Crippen LogP contribution in [0.15, 0.2) is 23.1 Å². The van der Waals surface area contributed by atoms with E-state index in [1.807, 2.05) is 11.8 Å². The van der Waals surface area contributed by atoms with Crippen molar-refractivity contribution in [2.24, 2.45) is 11.7 Å². The van der Waals surface area contributed by atoms with Gasteiger partial charge in [-0.3, -0.25) is 0 Å². The monoisotopic (exact) mass is 237 g/mol. The van der Waals surface area contributed by atoms with Gasteiger partial charge in [-0.1, -0.05) is 26.0 Å². The molecule has 0 saturated heterocycles. The molecule has 0 aromatic heterocycles. The van der Waals surface area contributed by atoms with Crippen LogP contribution >= 0.6 is 11.8 Å². The molecule has 90 valence electrons. The van der Waals surface area contributed by atoms with E-state index in [0.29, 0.717) is 0 Å². The molecule has 0 aliphatic heterocycles. The van der Waals surface area contributed by atoms with Gasteiger partial charge in [-0.05, 0) is 43.4 Å². The lowest BCUT2D eigenvalue weighted by molar-refractivity contribution is 0.737. The predicted octanol–water partition coefficient (Wildman–Crippen LogP) is 3.63. The SMILES string of the molecule is Cc1cc(CC(C)N)ccc1SCC(C)C. The quantitative estimate of drug-likeness (QED) is 0.791. The van der Waals surface area contributed by atoms with Crippen LogP contribution in [-0.4, -0.2) is 11.8 Å². The van der Waals surface area contributed by atoms with Gasteiger partial charge in [0.25, 0.3) is 0 Å².